The van der Waals surface area contributed by atoms with Gasteiger partial charge >= 0.3 is 0 Å². The molecule has 5 heteroatoms. The molecule has 0 fully saturated rings. The molecule has 1 rings (SSSR count). The first-order valence-corrected chi connectivity index (χ1v) is 5.90. The number of rotatable bonds is 5. The van der Waals surface area contributed by atoms with Crippen LogP contribution in [-0.4, -0.2) is 33.9 Å². The number of aryl methyl sites for hydroxylation is 2. The van der Waals surface area contributed by atoms with Gasteiger partial charge in [-0.3, -0.25) is 4.98 Å². The third-order valence-electron chi connectivity index (χ3n) is 3.12. The number of hydrogen-bond acceptors (Lipinski definition) is 5. The molecule has 98 valence electrons. The zero-order chi connectivity index (χ0) is 13.8. The lowest BCUT2D eigenvalue weighted by Gasteiger charge is -2.31. The van der Waals surface area contributed by atoms with E-state index >= 15 is 0 Å². The summed E-state index contributed by atoms with van der Waals surface area (Å²) >= 11 is 0. The first-order chi connectivity index (χ1) is 8.51. The van der Waals surface area contributed by atoms with Crippen LogP contribution in [0.15, 0.2) is 6.07 Å². The van der Waals surface area contributed by atoms with Crippen molar-refractivity contribution < 1.29 is 10.2 Å². The lowest BCUT2D eigenvalue weighted by molar-refractivity contribution is 0.132. The fourth-order valence-electron chi connectivity index (χ4n) is 1.80. The van der Waals surface area contributed by atoms with Crippen molar-refractivity contribution in [2.75, 3.05) is 18.5 Å². The van der Waals surface area contributed by atoms with E-state index in [4.69, 9.17) is 5.26 Å². The summed E-state index contributed by atoms with van der Waals surface area (Å²) in [5.74, 6) is 0. The summed E-state index contributed by atoms with van der Waals surface area (Å²) in [4.78, 5) is 4.23. The maximum absolute atomic E-state index is 9.42. The van der Waals surface area contributed by atoms with Gasteiger partial charge < -0.3 is 15.5 Å². The van der Waals surface area contributed by atoms with Gasteiger partial charge in [0.2, 0.25) is 0 Å². The molecule has 3 N–H and O–H groups in total. The van der Waals surface area contributed by atoms with Crippen LogP contribution in [0.5, 0.6) is 0 Å². The number of aromatic nitrogens is 1. The Morgan fingerprint density at radius 2 is 2.00 bits per heavy atom. The van der Waals surface area contributed by atoms with Crippen LogP contribution in [0.3, 0.4) is 0 Å². The number of aliphatic hydroxyl groups is 2. The fraction of sp³-hybridized carbons (Fsp3) is 0.538. The molecule has 0 aliphatic carbocycles. The normalized spacial score (nSPS) is 11.1. The van der Waals surface area contributed by atoms with E-state index in [1.165, 1.54) is 0 Å². The van der Waals surface area contributed by atoms with Crippen LogP contribution >= 0.6 is 0 Å². The number of pyridine rings is 1. The molecule has 0 unspecified atom stereocenters. The molecule has 0 spiro atoms. The molecule has 0 aliphatic heterocycles. The average molecular weight is 249 g/mol. The zero-order valence-corrected chi connectivity index (χ0v) is 11.0. The smallest absolute Gasteiger partial charge is 0.103 e. The molecular weight excluding hydrogens is 230 g/mol. The molecule has 0 atom stereocenters. The first kappa shape index (κ1) is 14.4. The minimum Gasteiger partial charge on any atom is -0.394 e. The van der Waals surface area contributed by atoms with E-state index in [1.54, 1.807) is 13.0 Å². The second kappa shape index (κ2) is 5.80. The maximum Gasteiger partial charge on any atom is 0.103 e. The van der Waals surface area contributed by atoms with E-state index in [2.05, 4.69) is 16.4 Å². The average Bonchev–Trinajstić information content (AvgIpc) is 2.35. The Bertz CT molecular complexity index is 454. The summed E-state index contributed by atoms with van der Waals surface area (Å²) in [5.41, 5.74) is 1.66. The second-order valence-electron chi connectivity index (χ2n) is 4.46. The van der Waals surface area contributed by atoms with E-state index in [0.717, 1.165) is 5.69 Å². The lowest BCUT2D eigenvalue weighted by Crippen LogP contribution is -2.45. The highest BCUT2D eigenvalue weighted by atomic mass is 16.3. The third kappa shape index (κ3) is 2.78. The van der Waals surface area contributed by atoms with E-state index in [-0.39, 0.29) is 13.2 Å². The number of aliphatic hydroxyl groups excluding tert-OH is 2. The molecule has 0 amide bonds. The van der Waals surface area contributed by atoms with E-state index in [9.17, 15) is 10.2 Å². The Balaban J connectivity index is 3.22. The van der Waals surface area contributed by atoms with Crippen molar-refractivity contribution in [1.29, 1.82) is 5.26 Å². The minimum absolute atomic E-state index is 0.203. The Labute approximate surface area is 107 Å². The number of nitrogens with one attached hydrogen (secondary N) is 1. The van der Waals surface area contributed by atoms with E-state index in [1.807, 2.05) is 13.8 Å². The summed E-state index contributed by atoms with van der Waals surface area (Å²) in [6.45, 7) is 5.07. The number of nitriles is 1. The topological polar surface area (TPSA) is 89.2 Å². The van der Waals surface area contributed by atoms with Crippen molar-refractivity contribution in [3.63, 3.8) is 0 Å². The zero-order valence-electron chi connectivity index (χ0n) is 11.0. The van der Waals surface area contributed by atoms with Gasteiger partial charge in [0.1, 0.15) is 6.07 Å². The van der Waals surface area contributed by atoms with Crippen molar-refractivity contribution in [3.05, 3.63) is 23.0 Å². The molecule has 0 radical (unpaired) electrons. The molecule has 18 heavy (non-hydrogen) atoms. The quantitative estimate of drug-likeness (QED) is 0.727. The lowest BCUT2D eigenvalue weighted by atomic mass is 9.97. The van der Waals surface area contributed by atoms with E-state index < -0.39 is 5.54 Å². The Kier molecular flexibility index (Phi) is 4.65. The van der Waals surface area contributed by atoms with Crippen molar-refractivity contribution in [2.45, 2.75) is 32.7 Å². The second-order valence-corrected chi connectivity index (χ2v) is 4.46. The van der Waals surface area contributed by atoms with Crippen molar-refractivity contribution >= 4 is 5.69 Å². The molecule has 0 aliphatic rings. The van der Waals surface area contributed by atoms with Crippen LogP contribution in [0.1, 0.15) is 30.3 Å². The molecule has 0 saturated heterocycles. The van der Waals surface area contributed by atoms with Gasteiger partial charge in [0.15, 0.2) is 0 Å². The van der Waals surface area contributed by atoms with Gasteiger partial charge in [0.25, 0.3) is 0 Å². The van der Waals surface area contributed by atoms with E-state index in [0.29, 0.717) is 23.4 Å². The van der Waals surface area contributed by atoms with Crippen LogP contribution in [0.25, 0.3) is 0 Å². The monoisotopic (exact) mass is 249 g/mol. The predicted molar refractivity (Wildman–Crippen MR) is 69.2 cm³/mol. The van der Waals surface area contributed by atoms with Crippen molar-refractivity contribution in [1.82, 2.24) is 4.98 Å². The van der Waals surface area contributed by atoms with Gasteiger partial charge in [-0.2, -0.15) is 5.26 Å². The Morgan fingerprint density at radius 3 is 2.44 bits per heavy atom. The summed E-state index contributed by atoms with van der Waals surface area (Å²) in [6.07, 6.45) is 0.547. The van der Waals surface area contributed by atoms with Crippen molar-refractivity contribution in [2.24, 2.45) is 0 Å². The Morgan fingerprint density at radius 1 is 1.39 bits per heavy atom. The van der Waals surface area contributed by atoms with Gasteiger partial charge in [-0.1, -0.05) is 6.92 Å². The van der Waals surface area contributed by atoms with Crippen LogP contribution in [-0.2, 0) is 0 Å². The highest BCUT2D eigenvalue weighted by Crippen LogP contribution is 2.24. The molecule has 0 bridgehead atoms. The van der Waals surface area contributed by atoms with Gasteiger partial charge in [0.05, 0.1) is 35.7 Å². The summed E-state index contributed by atoms with van der Waals surface area (Å²) in [6, 6.07) is 3.85. The molecule has 0 aromatic carbocycles. The standard InChI is InChI=1S/C13H19N3O2/c1-4-13(7-17,8-18)16-12-5-9(2)15-10(3)11(12)6-14/h5,17-18H,4,7-8H2,1-3H3,(H,15,16). The number of nitrogens with zero attached hydrogens (tertiary/aromatic N) is 2. The maximum atomic E-state index is 9.42. The van der Waals surface area contributed by atoms with Gasteiger partial charge in [-0.25, -0.2) is 0 Å². The highest BCUT2D eigenvalue weighted by molar-refractivity contribution is 5.61. The van der Waals surface area contributed by atoms with Crippen LogP contribution in [0.4, 0.5) is 5.69 Å². The molecule has 0 saturated carbocycles. The third-order valence-corrected chi connectivity index (χ3v) is 3.12. The molecule has 1 heterocycles. The molecule has 1 aromatic rings. The highest BCUT2D eigenvalue weighted by Gasteiger charge is 2.27. The van der Waals surface area contributed by atoms with Gasteiger partial charge in [0, 0.05) is 5.69 Å². The molecule has 5 nitrogen and oxygen atoms in total. The number of hydrogen-bond donors (Lipinski definition) is 3. The van der Waals surface area contributed by atoms with Crippen LogP contribution < -0.4 is 5.32 Å². The predicted octanol–water partition coefficient (Wildman–Crippen LogP) is 1.12. The van der Waals surface area contributed by atoms with Crippen LogP contribution in [0, 0.1) is 25.2 Å². The minimum atomic E-state index is -0.814. The SMILES string of the molecule is CCC(CO)(CO)Nc1cc(C)nc(C)c1C#N. The Hall–Kier alpha value is -1.64. The van der Waals surface area contributed by atoms with Crippen molar-refractivity contribution in [3.8, 4) is 6.07 Å². The van der Waals surface area contributed by atoms with Gasteiger partial charge in [-0.05, 0) is 26.3 Å². The summed E-state index contributed by atoms with van der Waals surface area (Å²) in [5, 5.41) is 31.1. The first-order valence-electron chi connectivity index (χ1n) is 5.90. The van der Waals surface area contributed by atoms with Gasteiger partial charge in [-0.15, -0.1) is 0 Å². The molecule has 1 aromatic heterocycles. The van der Waals surface area contributed by atoms with Crippen LogP contribution in [0.2, 0.25) is 0 Å². The summed E-state index contributed by atoms with van der Waals surface area (Å²) in [7, 11) is 0. The molecular formula is C13H19N3O2. The number of anilines is 1. The summed E-state index contributed by atoms with van der Waals surface area (Å²) < 4.78 is 0. The fourth-order valence-corrected chi connectivity index (χ4v) is 1.80. The largest absolute Gasteiger partial charge is 0.394 e.